The third-order valence-corrected chi connectivity index (χ3v) is 8.56. The number of anilines is 1. The largest absolute Gasteiger partial charge is 0.389 e. The molecule has 0 unspecified atom stereocenters. The summed E-state index contributed by atoms with van der Waals surface area (Å²) >= 11 is 1.62. The third-order valence-electron chi connectivity index (χ3n) is 6.91. The fraction of sp³-hybridized carbons (Fsp3) is 0.400. The maximum absolute atomic E-state index is 10.8. The summed E-state index contributed by atoms with van der Waals surface area (Å²) in [7, 11) is 0. The Balaban J connectivity index is 1.19. The quantitative estimate of drug-likeness (QED) is 0.427. The van der Waals surface area contributed by atoms with Crippen LogP contribution < -0.4 is 5.32 Å². The SMILES string of the molecule is Cc1ncnc2c1ccn2[C@@H]1S[C@@H](CCc2ccc3cc4c(nc3c2)N[C@@H](C)C4)[C@@H](O)[C@H]1O. The molecule has 3 aromatic heterocycles. The Morgan fingerprint density at radius 1 is 1.15 bits per heavy atom. The Labute approximate surface area is 196 Å². The molecule has 2 aliphatic rings. The van der Waals surface area contributed by atoms with Crippen molar-refractivity contribution in [1.82, 2.24) is 19.5 Å². The van der Waals surface area contributed by atoms with Crippen molar-refractivity contribution in [2.45, 2.75) is 62.0 Å². The first-order valence-corrected chi connectivity index (χ1v) is 12.4. The van der Waals surface area contributed by atoms with E-state index in [2.05, 4.69) is 46.5 Å². The first kappa shape index (κ1) is 20.9. The maximum Gasteiger partial charge on any atom is 0.144 e. The molecule has 0 spiro atoms. The van der Waals surface area contributed by atoms with Gasteiger partial charge in [0.1, 0.15) is 29.3 Å². The summed E-state index contributed by atoms with van der Waals surface area (Å²) in [5.41, 5.74) is 5.18. The van der Waals surface area contributed by atoms with E-state index in [9.17, 15) is 10.2 Å². The van der Waals surface area contributed by atoms with Gasteiger partial charge in [0, 0.05) is 28.3 Å². The van der Waals surface area contributed by atoms with Crippen molar-refractivity contribution in [3.63, 3.8) is 0 Å². The van der Waals surface area contributed by atoms with E-state index in [0.29, 0.717) is 6.04 Å². The zero-order valence-electron chi connectivity index (χ0n) is 18.6. The number of hydrogen-bond acceptors (Lipinski definition) is 7. The molecule has 0 aliphatic carbocycles. The van der Waals surface area contributed by atoms with Gasteiger partial charge in [-0.1, -0.05) is 12.1 Å². The highest BCUT2D eigenvalue weighted by Gasteiger charge is 2.43. The molecule has 8 heteroatoms. The van der Waals surface area contributed by atoms with Crippen LogP contribution in [-0.2, 0) is 12.8 Å². The molecule has 2 aliphatic heterocycles. The first-order chi connectivity index (χ1) is 16.0. The van der Waals surface area contributed by atoms with Crippen molar-refractivity contribution in [1.29, 1.82) is 0 Å². The summed E-state index contributed by atoms with van der Waals surface area (Å²) in [6.07, 6.45) is 4.46. The number of aliphatic hydroxyl groups is 2. The van der Waals surface area contributed by atoms with E-state index in [4.69, 9.17) is 4.98 Å². The van der Waals surface area contributed by atoms with Gasteiger partial charge in [0.15, 0.2) is 0 Å². The van der Waals surface area contributed by atoms with Crippen molar-refractivity contribution in [2.24, 2.45) is 0 Å². The van der Waals surface area contributed by atoms with Crippen molar-refractivity contribution in [3.8, 4) is 0 Å². The van der Waals surface area contributed by atoms with Crippen molar-refractivity contribution >= 4 is 39.5 Å². The van der Waals surface area contributed by atoms with Crippen molar-refractivity contribution < 1.29 is 10.2 Å². The highest BCUT2D eigenvalue weighted by molar-refractivity contribution is 8.00. The number of aromatic nitrogens is 4. The molecule has 5 atom stereocenters. The molecule has 3 N–H and O–H groups in total. The Kier molecular flexibility index (Phi) is 5.05. The van der Waals surface area contributed by atoms with Gasteiger partial charge in [-0.2, -0.15) is 0 Å². The van der Waals surface area contributed by atoms with Gasteiger partial charge in [-0.25, -0.2) is 15.0 Å². The van der Waals surface area contributed by atoms with E-state index in [1.807, 2.05) is 23.8 Å². The number of rotatable bonds is 4. The average Bonchev–Trinajstić information content (AvgIpc) is 3.46. The number of pyridine rings is 1. The predicted octanol–water partition coefficient (Wildman–Crippen LogP) is 3.61. The van der Waals surface area contributed by atoms with Crippen LogP contribution in [0.5, 0.6) is 0 Å². The second-order valence-corrected chi connectivity index (χ2v) is 10.6. The molecule has 170 valence electrons. The summed E-state index contributed by atoms with van der Waals surface area (Å²) in [5, 5.41) is 26.9. The van der Waals surface area contributed by atoms with Gasteiger partial charge in [-0.3, -0.25) is 0 Å². The standard InChI is InChI=1S/C25H27N5O2S/c1-13-9-17-11-16-5-3-15(10-19(16)29-23(17)28-13)4-6-20-21(31)22(32)25(33-20)30-8-7-18-14(2)26-12-27-24(18)30/h3,5,7-8,10-13,20-22,25,31-32H,4,6,9H2,1-2H3,(H,28,29)/t13-,20-,21+,22+,25+/m0/s1. The summed E-state index contributed by atoms with van der Waals surface area (Å²) in [4.78, 5) is 13.5. The van der Waals surface area contributed by atoms with E-state index in [-0.39, 0.29) is 10.6 Å². The van der Waals surface area contributed by atoms with Gasteiger partial charge in [-0.15, -0.1) is 11.8 Å². The Bertz CT molecular complexity index is 1360. The molecular weight excluding hydrogens is 434 g/mol. The number of fused-ring (bicyclic) bond motifs is 3. The minimum atomic E-state index is -0.847. The molecule has 7 nitrogen and oxygen atoms in total. The van der Waals surface area contributed by atoms with Crippen LogP contribution >= 0.6 is 11.8 Å². The van der Waals surface area contributed by atoms with Crippen molar-refractivity contribution in [2.75, 3.05) is 5.32 Å². The number of benzene rings is 1. The minimum absolute atomic E-state index is 0.0587. The Hall–Kier alpha value is -2.68. The second kappa shape index (κ2) is 7.97. The van der Waals surface area contributed by atoms with Gasteiger partial charge in [0.05, 0.1) is 17.3 Å². The smallest absolute Gasteiger partial charge is 0.144 e. The highest BCUT2D eigenvalue weighted by Crippen LogP contribution is 2.45. The summed E-state index contributed by atoms with van der Waals surface area (Å²) in [6, 6.07) is 11.1. The van der Waals surface area contributed by atoms with Crippen molar-refractivity contribution in [3.05, 3.63) is 59.7 Å². The number of nitrogens with one attached hydrogen (secondary N) is 1. The number of aliphatic hydroxyl groups excluding tert-OH is 2. The van der Waals surface area contributed by atoms with Crippen LogP contribution in [0.25, 0.3) is 21.9 Å². The first-order valence-electron chi connectivity index (χ1n) is 11.5. The third kappa shape index (κ3) is 3.57. The molecule has 1 aromatic carbocycles. The molecule has 0 amide bonds. The number of thioether (sulfide) groups is 1. The molecular formula is C25H27N5O2S. The summed E-state index contributed by atoms with van der Waals surface area (Å²) in [6.45, 7) is 4.13. The van der Waals surface area contributed by atoms with E-state index < -0.39 is 12.2 Å². The predicted molar refractivity (Wildman–Crippen MR) is 132 cm³/mol. The lowest BCUT2D eigenvalue weighted by Gasteiger charge is -2.17. The highest BCUT2D eigenvalue weighted by atomic mass is 32.2. The lowest BCUT2D eigenvalue weighted by atomic mass is 10.0. The topological polar surface area (TPSA) is 96.1 Å². The normalized spacial score (nSPS) is 26.7. The molecule has 1 saturated heterocycles. The lowest BCUT2D eigenvalue weighted by Crippen LogP contribution is -2.31. The van der Waals surface area contributed by atoms with E-state index >= 15 is 0 Å². The fourth-order valence-corrected chi connectivity index (χ4v) is 6.67. The Morgan fingerprint density at radius 2 is 2.03 bits per heavy atom. The minimum Gasteiger partial charge on any atom is -0.389 e. The average molecular weight is 462 g/mol. The molecule has 5 heterocycles. The molecule has 33 heavy (non-hydrogen) atoms. The van der Waals surface area contributed by atoms with Gasteiger partial charge in [0.2, 0.25) is 0 Å². The summed E-state index contributed by atoms with van der Waals surface area (Å²) in [5.74, 6) is 0.998. The van der Waals surface area contributed by atoms with Crippen LogP contribution in [-0.4, -0.2) is 53.2 Å². The maximum atomic E-state index is 10.8. The zero-order valence-corrected chi connectivity index (χ0v) is 19.5. The zero-order chi connectivity index (χ0) is 22.7. The van der Waals surface area contributed by atoms with Gasteiger partial charge >= 0.3 is 0 Å². The molecule has 0 radical (unpaired) electrons. The second-order valence-electron chi connectivity index (χ2n) is 9.28. The van der Waals surface area contributed by atoms with E-state index in [1.54, 1.807) is 18.1 Å². The van der Waals surface area contributed by atoms with E-state index in [1.165, 1.54) is 11.1 Å². The molecule has 0 saturated carbocycles. The van der Waals surface area contributed by atoms with Crippen LogP contribution in [0.3, 0.4) is 0 Å². The molecule has 6 rings (SSSR count). The monoisotopic (exact) mass is 461 g/mol. The molecule has 0 bridgehead atoms. The lowest BCUT2D eigenvalue weighted by molar-refractivity contribution is 0.0176. The van der Waals surface area contributed by atoms with E-state index in [0.717, 1.165) is 52.7 Å². The molecule has 4 aromatic rings. The summed E-state index contributed by atoms with van der Waals surface area (Å²) < 4.78 is 1.97. The number of hydrogen-bond donors (Lipinski definition) is 3. The van der Waals surface area contributed by atoms with Crippen LogP contribution in [0, 0.1) is 6.92 Å². The van der Waals surface area contributed by atoms with Gasteiger partial charge in [-0.05, 0) is 62.4 Å². The van der Waals surface area contributed by atoms with Gasteiger partial charge < -0.3 is 20.1 Å². The molecule has 1 fully saturated rings. The van der Waals surface area contributed by atoms with Crippen LogP contribution in [0.1, 0.15) is 35.5 Å². The Morgan fingerprint density at radius 3 is 2.91 bits per heavy atom. The number of aryl methyl sites for hydroxylation is 2. The van der Waals surface area contributed by atoms with Crippen LogP contribution in [0.15, 0.2) is 42.9 Å². The van der Waals surface area contributed by atoms with Crippen LogP contribution in [0.4, 0.5) is 5.82 Å². The fourth-order valence-electron chi connectivity index (χ4n) is 5.12. The number of nitrogens with zero attached hydrogens (tertiary/aromatic N) is 4. The van der Waals surface area contributed by atoms with Gasteiger partial charge in [0.25, 0.3) is 0 Å². The van der Waals surface area contributed by atoms with Crippen LogP contribution in [0.2, 0.25) is 0 Å².